The molecule has 0 bridgehead atoms. The van der Waals surface area contributed by atoms with Crippen molar-refractivity contribution in [1.29, 1.82) is 0 Å². The topological polar surface area (TPSA) is 32.3 Å². The van der Waals surface area contributed by atoms with Gasteiger partial charge in [0, 0.05) is 18.7 Å². The Morgan fingerprint density at radius 2 is 1.82 bits per heavy atom. The van der Waals surface area contributed by atoms with Gasteiger partial charge in [-0.05, 0) is 82.3 Å². The van der Waals surface area contributed by atoms with Crippen LogP contribution in [-0.4, -0.2) is 23.9 Å². The van der Waals surface area contributed by atoms with Crippen LogP contribution in [0.25, 0.3) is 0 Å². The number of carbonyl (C=O) groups excluding carboxylic acids is 1. The number of hydrogen-bond donors (Lipinski definition) is 1. The number of benzene rings is 1. The summed E-state index contributed by atoms with van der Waals surface area (Å²) in [7, 11) is 0. The molecule has 0 atom stereocenters. The van der Waals surface area contributed by atoms with Crippen molar-refractivity contribution in [3.05, 3.63) is 58.4 Å². The minimum absolute atomic E-state index is 0.0592. The number of allylic oxidation sites excluding steroid dienone is 1. The van der Waals surface area contributed by atoms with E-state index in [9.17, 15) is 4.79 Å². The Hall–Kier alpha value is -2.03. The van der Waals surface area contributed by atoms with E-state index >= 15 is 0 Å². The molecule has 1 amide bonds. The van der Waals surface area contributed by atoms with E-state index in [-0.39, 0.29) is 11.3 Å². The predicted octanol–water partition coefficient (Wildman–Crippen LogP) is 5.52. The molecule has 0 radical (unpaired) electrons. The standard InChI is InChI=1S/C25H36N2O/c1-6-25(23-12-11-18(2)17-20(23)4)13-15-27(16-14-25)21(5)26-24(28)22-10-8-7-9-19(22)3/h11-12,17H,5-10,13-16H2,1-4H3,(H,26,28). The van der Waals surface area contributed by atoms with Crippen LogP contribution in [0.1, 0.15) is 75.5 Å². The number of carbonyl (C=O) groups is 1. The van der Waals surface area contributed by atoms with Gasteiger partial charge in [0.2, 0.25) is 0 Å². The molecule has 3 rings (SSSR count). The summed E-state index contributed by atoms with van der Waals surface area (Å²) in [5.74, 6) is 0.824. The number of hydrogen-bond acceptors (Lipinski definition) is 2. The van der Waals surface area contributed by atoms with Crippen molar-refractivity contribution < 1.29 is 4.79 Å². The van der Waals surface area contributed by atoms with Gasteiger partial charge in [-0.1, -0.05) is 42.8 Å². The van der Waals surface area contributed by atoms with E-state index in [1.807, 2.05) is 0 Å². The maximum absolute atomic E-state index is 12.7. The Bertz CT molecular complexity index is 782. The van der Waals surface area contributed by atoms with Crippen molar-refractivity contribution in [2.45, 2.75) is 78.1 Å². The van der Waals surface area contributed by atoms with E-state index in [0.717, 1.165) is 63.0 Å². The molecule has 1 N–H and O–H groups in total. The molecule has 0 aromatic heterocycles. The Labute approximate surface area is 170 Å². The maximum atomic E-state index is 12.7. The van der Waals surface area contributed by atoms with E-state index in [0.29, 0.717) is 0 Å². The first-order valence-corrected chi connectivity index (χ1v) is 10.9. The Balaban J connectivity index is 1.65. The van der Waals surface area contributed by atoms with Crippen molar-refractivity contribution in [1.82, 2.24) is 10.2 Å². The molecule has 1 saturated heterocycles. The summed E-state index contributed by atoms with van der Waals surface area (Å²) in [5, 5.41) is 3.09. The van der Waals surface area contributed by atoms with Gasteiger partial charge in [0.05, 0.1) is 0 Å². The summed E-state index contributed by atoms with van der Waals surface area (Å²) >= 11 is 0. The molecule has 28 heavy (non-hydrogen) atoms. The Kier molecular flexibility index (Phi) is 6.32. The highest BCUT2D eigenvalue weighted by Gasteiger charge is 2.36. The summed E-state index contributed by atoms with van der Waals surface area (Å²) in [4.78, 5) is 14.9. The van der Waals surface area contributed by atoms with Crippen molar-refractivity contribution >= 4 is 5.91 Å². The van der Waals surface area contributed by atoms with Gasteiger partial charge in [-0.15, -0.1) is 0 Å². The van der Waals surface area contributed by atoms with Gasteiger partial charge in [0.15, 0.2) is 0 Å². The van der Waals surface area contributed by atoms with Gasteiger partial charge in [-0.3, -0.25) is 4.79 Å². The third kappa shape index (κ3) is 4.19. The highest BCUT2D eigenvalue weighted by atomic mass is 16.1. The second-order valence-corrected chi connectivity index (χ2v) is 8.81. The smallest absolute Gasteiger partial charge is 0.252 e. The second kappa shape index (κ2) is 8.55. The zero-order valence-corrected chi connectivity index (χ0v) is 18.2. The molecule has 1 aromatic carbocycles. The minimum atomic E-state index is 0.0592. The van der Waals surface area contributed by atoms with Gasteiger partial charge in [0.25, 0.3) is 5.91 Å². The molecule has 1 fully saturated rings. The Morgan fingerprint density at radius 3 is 2.43 bits per heavy atom. The van der Waals surface area contributed by atoms with Crippen molar-refractivity contribution in [3.63, 3.8) is 0 Å². The van der Waals surface area contributed by atoms with Crippen LogP contribution < -0.4 is 5.32 Å². The molecule has 1 aliphatic carbocycles. The lowest BCUT2D eigenvalue weighted by molar-refractivity contribution is -0.117. The number of amides is 1. The lowest BCUT2D eigenvalue weighted by atomic mass is 9.69. The number of piperidine rings is 1. The molecule has 152 valence electrons. The fraction of sp³-hybridized carbons (Fsp3) is 0.560. The summed E-state index contributed by atoms with van der Waals surface area (Å²) in [6.07, 6.45) is 7.62. The summed E-state index contributed by atoms with van der Waals surface area (Å²) in [6.45, 7) is 14.9. The van der Waals surface area contributed by atoms with Crippen LogP contribution in [0.4, 0.5) is 0 Å². The highest BCUT2D eigenvalue weighted by Crippen LogP contribution is 2.40. The van der Waals surface area contributed by atoms with E-state index in [1.54, 1.807) is 0 Å². The molecule has 1 heterocycles. The average Bonchev–Trinajstić information content (AvgIpc) is 2.68. The minimum Gasteiger partial charge on any atom is -0.359 e. The quantitative estimate of drug-likeness (QED) is 0.729. The van der Waals surface area contributed by atoms with Crippen LogP contribution in [-0.2, 0) is 10.2 Å². The molecular formula is C25H36N2O. The van der Waals surface area contributed by atoms with Crippen LogP contribution in [0.3, 0.4) is 0 Å². The van der Waals surface area contributed by atoms with Crippen LogP contribution in [0.5, 0.6) is 0 Å². The first-order chi connectivity index (χ1) is 13.4. The lowest BCUT2D eigenvalue weighted by Crippen LogP contribution is -2.45. The lowest BCUT2D eigenvalue weighted by Gasteiger charge is -2.44. The van der Waals surface area contributed by atoms with Crippen molar-refractivity contribution in [3.8, 4) is 0 Å². The predicted molar refractivity (Wildman–Crippen MR) is 117 cm³/mol. The molecule has 0 saturated carbocycles. The van der Waals surface area contributed by atoms with E-state index in [1.165, 1.54) is 28.7 Å². The number of nitrogens with zero attached hydrogens (tertiary/aromatic N) is 1. The number of rotatable bonds is 5. The number of likely N-dealkylation sites (tertiary alicyclic amines) is 1. The summed E-state index contributed by atoms with van der Waals surface area (Å²) in [6, 6.07) is 6.88. The molecular weight excluding hydrogens is 344 g/mol. The molecule has 0 unspecified atom stereocenters. The highest BCUT2D eigenvalue weighted by molar-refractivity contribution is 5.95. The maximum Gasteiger partial charge on any atom is 0.252 e. The fourth-order valence-electron chi connectivity index (χ4n) is 5.08. The van der Waals surface area contributed by atoms with Crippen LogP contribution in [0, 0.1) is 13.8 Å². The summed E-state index contributed by atoms with van der Waals surface area (Å²) < 4.78 is 0. The first kappa shape index (κ1) is 20.7. The van der Waals surface area contributed by atoms with Crippen molar-refractivity contribution in [2.24, 2.45) is 0 Å². The number of aryl methyl sites for hydroxylation is 2. The summed E-state index contributed by atoms with van der Waals surface area (Å²) in [5.41, 5.74) is 6.69. The van der Waals surface area contributed by atoms with E-state index in [2.05, 4.69) is 62.7 Å². The van der Waals surface area contributed by atoms with E-state index < -0.39 is 0 Å². The molecule has 3 nitrogen and oxygen atoms in total. The van der Waals surface area contributed by atoms with Crippen LogP contribution in [0.15, 0.2) is 41.7 Å². The van der Waals surface area contributed by atoms with Crippen molar-refractivity contribution in [2.75, 3.05) is 13.1 Å². The second-order valence-electron chi connectivity index (χ2n) is 8.81. The SMILES string of the molecule is C=C(NC(=O)C1=C(C)CCCC1)N1CCC(CC)(c2ccc(C)cc2C)CC1. The van der Waals surface area contributed by atoms with Gasteiger partial charge in [-0.2, -0.15) is 0 Å². The monoisotopic (exact) mass is 380 g/mol. The normalized spacial score (nSPS) is 19.5. The zero-order chi connectivity index (χ0) is 20.3. The first-order valence-electron chi connectivity index (χ1n) is 10.9. The molecule has 1 aromatic rings. The van der Waals surface area contributed by atoms with Gasteiger partial charge in [0.1, 0.15) is 5.82 Å². The van der Waals surface area contributed by atoms with Gasteiger partial charge >= 0.3 is 0 Å². The third-order valence-corrected chi connectivity index (χ3v) is 7.01. The molecule has 3 heteroatoms. The van der Waals surface area contributed by atoms with E-state index in [4.69, 9.17) is 0 Å². The molecule has 2 aliphatic rings. The molecule has 1 aliphatic heterocycles. The van der Waals surface area contributed by atoms with Crippen LogP contribution in [0.2, 0.25) is 0 Å². The number of nitrogens with one attached hydrogen (secondary N) is 1. The average molecular weight is 381 g/mol. The Morgan fingerprint density at radius 1 is 1.14 bits per heavy atom. The fourth-order valence-corrected chi connectivity index (χ4v) is 5.08. The van der Waals surface area contributed by atoms with Gasteiger partial charge in [-0.25, -0.2) is 0 Å². The third-order valence-electron chi connectivity index (χ3n) is 7.01. The largest absolute Gasteiger partial charge is 0.359 e. The van der Waals surface area contributed by atoms with Gasteiger partial charge < -0.3 is 10.2 Å². The molecule has 0 spiro atoms. The zero-order valence-electron chi connectivity index (χ0n) is 18.2. The van der Waals surface area contributed by atoms with Crippen LogP contribution >= 0.6 is 0 Å².